The van der Waals surface area contributed by atoms with Crippen LogP contribution < -0.4 is 15.0 Å². The second kappa shape index (κ2) is 10.3. The summed E-state index contributed by atoms with van der Waals surface area (Å²) >= 11 is 0. The molecule has 0 bridgehead atoms. The van der Waals surface area contributed by atoms with Gasteiger partial charge in [-0.25, -0.2) is 8.42 Å². The van der Waals surface area contributed by atoms with Crippen LogP contribution in [0.5, 0.6) is 11.5 Å². The third-order valence-electron chi connectivity index (χ3n) is 5.80. The summed E-state index contributed by atoms with van der Waals surface area (Å²) in [7, 11) is -1.75. The molecule has 4 rings (SSSR count). The van der Waals surface area contributed by atoms with Crippen molar-refractivity contribution in [3.63, 3.8) is 0 Å². The highest BCUT2D eigenvalue weighted by Gasteiger charge is 2.39. The molecule has 7 nitrogen and oxygen atoms in total. The number of fused-ring (bicyclic) bond motifs is 1. The number of aromatic amines is 1. The number of hydrogen-bond acceptors (Lipinski definition) is 5. The summed E-state index contributed by atoms with van der Waals surface area (Å²) in [6, 6.07) is 16.9. The Bertz CT molecular complexity index is 1580. The molecule has 3 aromatic carbocycles. The predicted molar refractivity (Wildman–Crippen MR) is 132 cm³/mol. The Morgan fingerprint density at radius 1 is 0.865 bits per heavy atom. The number of benzene rings is 3. The Labute approximate surface area is 211 Å². The molecule has 4 aromatic rings. The number of rotatable bonds is 8. The smallest absolute Gasteiger partial charge is 0.417 e. The number of aromatic nitrogens is 1. The Morgan fingerprint density at radius 2 is 1.51 bits per heavy atom. The minimum atomic E-state index is -4.90. The molecule has 1 aromatic heterocycles. The molecule has 0 aliphatic heterocycles. The number of nitrogens with zero attached hydrogens (tertiary/aromatic N) is 1. The van der Waals surface area contributed by atoms with Crippen molar-refractivity contribution in [2.45, 2.75) is 24.2 Å². The summed E-state index contributed by atoms with van der Waals surface area (Å²) in [5, 5.41) is 0.575. The third kappa shape index (κ3) is 5.62. The van der Waals surface area contributed by atoms with Crippen LogP contribution in [0, 0.1) is 0 Å². The van der Waals surface area contributed by atoms with E-state index >= 15 is 0 Å². The van der Waals surface area contributed by atoms with Crippen LogP contribution in [0.3, 0.4) is 0 Å². The maximum atomic E-state index is 13.7. The van der Waals surface area contributed by atoms with E-state index in [1.54, 1.807) is 42.5 Å². The average Bonchev–Trinajstić information content (AvgIpc) is 2.88. The van der Waals surface area contributed by atoms with Gasteiger partial charge in [0.15, 0.2) is 0 Å². The largest absolute Gasteiger partial charge is 0.497 e. The van der Waals surface area contributed by atoms with Crippen LogP contribution in [0.4, 0.5) is 13.2 Å². The monoisotopic (exact) mass is 532 g/mol. The van der Waals surface area contributed by atoms with E-state index in [0.29, 0.717) is 34.0 Å². The van der Waals surface area contributed by atoms with Gasteiger partial charge in [-0.3, -0.25) is 4.79 Å². The van der Waals surface area contributed by atoms with Gasteiger partial charge in [0.1, 0.15) is 11.5 Å². The first-order valence-electron chi connectivity index (χ1n) is 11.0. The summed E-state index contributed by atoms with van der Waals surface area (Å²) in [6.45, 7) is -0.753. The van der Waals surface area contributed by atoms with E-state index in [-0.39, 0.29) is 12.1 Å². The third-order valence-corrected chi connectivity index (χ3v) is 7.65. The fourth-order valence-corrected chi connectivity index (χ4v) is 5.51. The van der Waals surface area contributed by atoms with Gasteiger partial charge in [0.25, 0.3) is 5.56 Å². The molecule has 194 valence electrons. The van der Waals surface area contributed by atoms with Gasteiger partial charge in [0.05, 0.1) is 24.7 Å². The summed E-state index contributed by atoms with van der Waals surface area (Å²) in [4.78, 5) is 14.6. The molecule has 0 unspecified atom stereocenters. The molecule has 0 radical (unpaired) electrons. The maximum absolute atomic E-state index is 13.7. The van der Waals surface area contributed by atoms with Gasteiger partial charge in [-0.1, -0.05) is 24.3 Å². The summed E-state index contributed by atoms with van der Waals surface area (Å²) in [5.74, 6) is 1.05. The zero-order valence-corrected chi connectivity index (χ0v) is 20.7. The standard InChI is InChI=1S/C26H23F3N2O5S/c1-35-20-9-7-17(8-10-20)15-31(37(33,34)24-6-4-3-5-22(24)26(27,28)29)16-19-13-18-14-21(36-2)11-12-23(18)30-25(19)32/h3-14H,15-16H2,1-2H3,(H,30,32). The van der Waals surface area contributed by atoms with E-state index in [1.807, 2.05) is 0 Å². The highest BCUT2D eigenvalue weighted by Crippen LogP contribution is 2.36. The minimum absolute atomic E-state index is 0.0577. The van der Waals surface area contributed by atoms with Gasteiger partial charge in [-0.2, -0.15) is 17.5 Å². The van der Waals surface area contributed by atoms with Crippen molar-refractivity contribution in [1.82, 2.24) is 9.29 Å². The van der Waals surface area contributed by atoms with Crippen LogP contribution in [0.2, 0.25) is 0 Å². The van der Waals surface area contributed by atoms with Crippen LogP contribution >= 0.6 is 0 Å². The number of alkyl halides is 3. The fourth-order valence-electron chi connectivity index (χ4n) is 3.89. The first-order valence-corrected chi connectivity index (χ1v) is 12.5. The molecule has 1 N–H and O–H groups in total. The number of ether oxygens (including phenoxy) is 2. The zero-order valence-electron chi connectivity index (χ0n) is 19.9. The highest BCUT2D eigenvalue weighted by molar-refractivity contribution is 7.89. The van der Waals surface area contributed by atoms with Crippen molar-refractivity contribution in [3.05, 3.63) is 99.8 Å². The Balaban J connectivity index is 1.83. The lowest BCUT2D eigenvalue weighted by Gasteiger charge is -2.24. The van der Waals surface area contributed by atoms with Crippen molar-refractivity contribution in [2.75, 3.05) is 14.2 Å². The van der Waals surface area contributed by atoms with E-state index in [9.17, 15) is 26.4 Å². The van der Waals surface area contributed by atoms with Gasteiger partial charge in [0, 0.05) is 29.6 Å². The number of methoxy groups -OCH3 is 2. The summed E-state index contributed by atoms with van der Waals surface area (Å²) in [6.07, 6.45) is -4.90. The zero-order chi connectivity index (χ0) is 26.8. The SMILES string of the molecule is COc1ccc(CN(Cc2cc3cc(OC)ccc3[nH]c2=O)S(=O)(=O)c2ccccc2C(F)(F)F)cc1. The predicted octanol–water partition coefficient (Wildman–Crippen LogP) is 4.96. The molecular weight excluding hydrogens is 509 g/mol. The molecule has 0 aliphatic rings. The Kier molecular flexibility index (Phi) is 7.28. The highest BCUT2D eigenvalue weighted by atomic mass is 32.2. The molecule has 0 saturated carbocycles. The van der Waals surface area contributed by atoms with Crippen molar-refractivity contribution < 1.29 is 31.1 Å². The van der Waals surface area contributed by atoms with Gasteiger partial charge in [-0.05, 0) is 54.1 Å². The van der Waals surface area contributed by atoms with Crippen LogP contribution in [-0.4, -0.2) is 31.9 Å². The maximum Gasteiger partial charge on any atom is 0.417 e. The van der Waals surface area contributed by atoms with Gasteiger partial charge < -0.3 is 14.5 Å². The molecular formula is C26H23F3N2O5S. The molecule has 0 spiro atoms. The van der Waals surface area contributed by atoms with E-state index < -0.39 is 38.8 Å². The second-order valence-corrected chi connectivity index (χ2v) is 10.1. The molecule has 0 fully saturated rings. The van der Waals surface area contributed by atoms with E-state index in [0.717, 1.165) is 16.4 Å². The molecule has 37 heavy (non-hydrogen) atoms. The molecule has 11 heteroatoms. The van der Waals surface area contributed by atoms with Gasteiger partial charge in [0.2, 0.25) is 10.0 Å². The number of H-pyrrole nitrogens is 1. The molecule has 0 saturated heterocycles. The normalized spacial score (nSPS) is 12.2. The van der Waals surface area contributed by atoms with E-state index in [2.05, 4.69) is 4.98 Å². The van der Waals surface area contributed by atoms with E-state index in [1.165, 1.54) is 26.4 Å². The van der Waals surface area contributed by atoms with Crippen molar-refractivity contribution in [2.24, 2.45) is 0 Å². The van der Waals surface area contributed by atoms with Crippen molar-refractivity contribution in [1.29, 1.82) is 0 Å². The average molecular weight is 533 g/mol. The number of nitrogens with one attached hydrogen (secondary N) is 1. The molecule has 0 amide bonds. The second-order valence-electron chi connectivity index (χ2n) is 8.19. The van der Waals surface area contributed by atoms with Crippen LogP contribution in [0.15, 0.2) is 82.5 Å². The van der Waals surface area contributed by atoms with Gasteiger partial charge >= 0.3 is 6.18 Å². The van der Waals surface area contributed by atoms with Crippen molar-refractivity contribution in [3.8, 4) is 11.5 Å². The number of pyridine rings is 1. The lowest BCUT2D eigenvalue weighted by atomic mass is 10.1. The van der Waals surface area contributed by atoms with Crippen LogP contribution in [0.1, 0.15) is 16.7 Å². The first kappa shape index (κ1) is 26.2. The summed E-state index contributed by atoms with van der Waals surface area (Å²) in [5.41, 5.74) is -0.791. The van der Waals surface area contributed by atoms with Crippen LogP contribution in [0.25, 0.3) is 10.9 Å². The van der Waals surface area contributed by atoms with Crippen LogP contribution in [-0.2, 0) is 29.3 Å². The number of hydrogen-bond donors (Lipinski definition) is 1. The van der Waals surface area contributed by atoms with Crippen molar-refractivity contribution >= 4 is 20.9 Å². The molecule has 0 atom stereocenters. The quantitative estimate of drug-likeness (QED) is 0.347. The Morgan fingerprint density at radius 3 is 2.16 bits per heavy atom. The fraction of sp³-hybridized carbons (Fsp3) is 0.192. The first-order chi connectivity index (χ1) is 17.5. The topological polar surface area (TPSA) is 88.7 Å². The number of halogens is 3. The molecule has 0 aliphatic carbocycles. The Hall–Kier alpha value is -3.83. The molecule has 1 heterocycles. The number of sulfonamides is 1. The minimum Gasteiger partial charge on any atom is -0.497 e. The summed E-state index contributed by atoms with van der Waals surface area (Å²) < 4.78 is 79.7. The van der Waals surface area contributed by atoms with E-state index in [4.69, 9.17) is 9.47 Å². The lowest BCUT2D eigenvalue weighted by Crippen LogP contribution is -2.33. The van der Waals surface area contributed by atoms with Gasteiger partial charge in [-0.15, -0.1) is 0 Å². The lowest BCUT2D eigenvalue weighted by molar-refractivity contribution is -0.139.